The number of benzene rings is 1. The molecular weight excluding hydrogens is 271 g/mol. The third kappa shape index (κ3) is 3.06. The Morgan fingerprint density at radius 1 is 1.28 bits per heavy atom. The molecule has 0 bridgehead atoms. The number of phenols is 1. The van der Waals surface area contributed by atoms with E-state index in [0.717, 1.165) is 11.5 Å². The van der Waals surface area contributed by atoms with Gasteiger partial charge in [-0.1, -0.05) is 29.3 Å². The lowest BCUT2D eigenvalue weighted by Crippen LogP contribution is -2.15. The summed E-state index contributed by atoms with van der Waals surface area (Å²) in [7, 11) is 0. The van der Waals surface area contributed by atoms with Gasteiger partial charge in [0.1, 0.15) is 12.3 Å². The number of H-pyrrole nitrogens is 1. The Morgan fingerprint density at radius 3 is 2.78 bits per heavy atom. The Balaban J connectivity index is 2.15. The maximum absolute atomic E-state index is 9.81. The average molecular weight is 284 g/mol. The zero-order valence-corrected chi connectivity index (χ0v) is 11.3. The molecule has 94 valence electrons. The number of pyridine rings is 1. The van der Waals surface area contributed by atoms with Crippen molar-refractivity contribution in [3.8, 4) is 5.75 Å². The molecule has 1 aromatic carbocycles. The van der Waals surface area contributed by atoms with E-state index in [0.29, 0.717) is 17.1 Å². The highest BCUT2D eigenvalue weighted by Crippen LogP contribution is 2.31. The molecule has 0 atom stereocenters. The highest BCUT2D eigenvalue weighted by molar-refractivity contribution is 6.35. The van der Waals surface area contributed by atoms with Crippen molar-refractivity contribution >= 4 is 29.0 Å². The number of aromatic hydroxyl groups is 1. The fourth-order valence-corrected chi connectivity index (χ4v) is 2.17. The molecule has 0 spiro atoms. The Kier molecular flexibility index (Phi) is 3.94. The third-order valence-electron chi connectivity index (χ3n) is 2.52. The van der Waals surface area contributed by atoms with E-state index < -0.39 is 0 Å². The minimum atomic E-state index is 0.0567. The molecule has 18 heavy (non-hydrogen) atoms. The zero-order valence-electron chi connectivity index (χ0n) is 9.80. The van der Waals surface area contributed by atoms with E-state index in [-0.39, 0.29) is 10.8 Å². The Bertz CT molecular complexity index is 573. The van der Waals surface area contributed by atoms with E-state index >= 15 is 0 Å². The van der Waals surface area contributed by atoms with Gasteiger partial charge in [-0.15, -0.1) is 0 Å². The summed E-state index contributed by atoms with van der Waals surface area (Å²) >= 11 is 11.8. The first kappa shape index (κ1) is 13.0. The summed E-state index contributed by atoms with van der Waals surface area (Å²) in [5.74, 6) is 0.923. The summed E-state index contributed by atoms with van der Waals surface area (Å²) < 4.78 is 0. The van der Waals surface area contributed by atoms with E-state index in [1.165, 1.54) is 6.07 Å². The van der Waals surface area contributed by atoms with E-state index in [4.69, 9.17) is 23.2 Å². The first-order valence-corrected chi connectivity index (χ1v) is 6.21. The van der Waals surface area contributed by atoms with Gasteiger partial charge in [-0.05, 0) is 25.1 Å². The number of phenolic OH excluding ortho intramolecular Hbond substituents is 1. The molecule has 0 saturated carbocycles. The number of anilines is 1. The molecule has 0 aliphatic heterocycles. The van der Waals surface area contributed by atoms with Crippen molar-refractivity contribution in [3.63, 3.8) is 0 Å². The second-order valence-corrected chi connectivity index (χ2v) is 4.84. The van der Waals surface area contributed by atoms with Gasteiger partial charge in [0.15, 0.2) is 0 Å². The van der Waals surface area contributed by atoms with Gasteiger partial charge in [-0.2, -0.15) is 0 Å². The van der Waals surface area contributed by atoms with Gasteiger partial charge in [0.25, 0.3) is 5.82 Å². The molecule has 3 nitrogen and oxygen atoms in total. The Morgan fingerprint density at radius 2 is 2.06 bits per heavy atom. The number of aromatic nitrogens is 1. The molecule has 0 unspecified atom stereocenters. The molecule has 1 aromatic heterocycles. The lowest BCUT2D eigenvalue weighted by atomic mass is 10.2. The van der Waals surface area contributed by atoms with Crippen molar-refractivity contribution < 1.29 is 10.1 Å². The van der Waals surface area contributed by atoms with Crippen LogP contribution in [0.2, 0.25) is 10.0 Å². The van der Waals surface area contributed by atoms with Crippen LogP contribution in [-0.2, 0) is 6.54 Å². The summed E-state index contributed by atoms with van der Waals surface area (Å²) in [6, 6.07) is 9.03. The van der Waals surface area contributed by atoms with Crippen LogP contribution in [0.5, 0.6) is 5.75 Å². The van der Waals surface area contributed by atoms with Gasteiger partial charge in [-0.3, -0.25) is 5.32 Å². The van der Waals surface area contributed by atoms with Crippen LogP contribution in [0.25, 0.3) is 0 Å². The molecule has 2 aromatic rings. The van der Waals surface area contributed by atoms with Crippen LogP contribution in [0.15, 0.2) is 30.3 Å². The van der Waals surface area contributed by atoms with Crippen LogP contribution >= 0.6 is 23.2 Å². The van der Waals surface area contributed by atoms with Crippen molar-refractivity contribution in [2.75, 3.05) is 5.32 Å². The summed E-state index contributed by atoms with van der Waals surface area (Å²) in [6.45, 7) is 2.41. The molecule has 0 fully saturated rings. The van der Waals surface area contributed by atoms with Gasteiger partial charge >= 0.3 is 0 Å². The fraction of sp³-hybridized carbons (Fsp3) is 0.154. The highest BCUT2D eigenvalue weighted by Gasteiger charge is 2.10. The molecule has 0 saturated heterocycles. The minimum Gasteiger partial charge on any atom is -0.506 e. The molecular formula is C13H13Cl2N2O+. The molecule has 5 heteroatoms. The number of halogens is 2. The van der Waals surface area contributed by atoms with Crippen LogP contribution in [0, 0.1) is 6.92 Å². The van der Waals surface area contributed by atoms with Crippen molar-refractivity contribution in [3.05, 3.63) is 51.6 Å². The van der Waals surface area contributed by atoms with E-state index in [9.17, 15) is 5.11 Å². The van der Waals surface area contributed by atoms with Gasteiger partial charge in [0, 0.05) is 16.7 Å². The molecule has 1 heterocycles. The third-order valence-corrected chi connectivity index (χ3v) is 3.02. The van der Waals surface area contributed by atoms with Crippen LogP contribution in [-0.4, -0.2) is 5.11 Å². The smallest absolute Gasteiger partial charge is 0.272 e. The monoisotopic (exact) mass is 283 g/mol. The van der Waals surface area contributed by atoms with Crippen LogP contribution in [0.1, 0.15) is 11.3 Å². The quantitative estimate of drug-likeness (QED) is 0.907. The van der Waals surface area contributed by atoms with Crippen molar-refractivity contribution in [1.82, 2.24) is 0 Å². The Hall–Kier alpha value is -1.45. The summed E-state index contributed by atoms with van der Waals surface area (Å²) in [6.07, 6.45) is 0. The van der Waals surface area contributed by atoms with Crippen LogP contribution in [0.4, 0.5) is 5.82 Å². The topological polar surface area (TPSA) is 46.4 Å². The second kappa shape index (κ2) is 5.46. The molecule has 0 radical (unpaired) electrons. The lowest BCUT2D eigenvalue weighted by molar-refractivity contribution is -0.371. The number of aromatic amines is 1. The van der Waals surface area contributed by atoms with Crippen molar-refractivity contribution in [1.29, 1.82) is 0 Å². The largest absolute Gasteiger partial charge is 0.506 e. The second-order valence-electron chi connectivity index (χ2n) is 4.00. The fourth-order valence-electron chi connectivity index (χ4n) is 1.63. The first-order chi connectivity index (χ1) is 8.56. The lowest BCUT2D eigenvalue weighted by Gasteiger charge is -2.05. The van der Waals surface area contributed by atoms with Crippen LogP contribution in [0.3, 0.4) is 0 Å². The predicted octanol–water partition coefficient (Wildman–Crippen LogP) is 3.43. The minimum absolute atomic E-state index is 0.0567. The van der Waals surface area contributed by atoms with Gasteiger partial charge in [-0.25, -0.2) is 4.98 Å². The maximum atomic E-state index is 9.81. The van der Waals surface area contributed by atoms with E-state index in [2.05, 4.69) is 10.3 Å². The Labute approximate surface area is 115 Å². The molecule has 3 N–H and O–H groups in total. The summed E-state index contributed by atoms with van der Waals surface area (Å²) in [4.78, 5) is 3.17. The number of nitrogens with one attached hydrogen (secondary N) is 2. The van der Waals surface area contributed by atoms with Gasteiger partial charge < -0.3 is 5.11 Å². The molecule has 0 aliphatic rings. The highest BCUT2D eigenvalue weighted by atomic mass is 35.5. The van der Waals surface area contributed by atoms with E-state index in [1.54, 1.807) is 6.07 Å². The first-order valence-electron chi connectivity index (χ1n) is 5.46. The maximum Gasteiger partial charge on any atom is 0.272 e. The number of rotatable bonds is 3. The zero-order chi connectivity index (χ0) is 13.1. The van der Waals surface area contributed by atoms with Crippen molar-refractivity contribution in [2.45, 2.75) is 13.5 Å². The number of hydrogen-bond acceptors (Lipinski definition) is 2. The number of aryl methyl sites for hydroxylation is 1. The van der Waals surface area contributed by atoms with Crippen molar-refractivity contribution in [2.24, 2.45) is 0 Å². The summed E-state index contributed by atoms with van der Waals surface area (Å²) in [5.41, 5.74) is 1.70. The van der Waals surface area contributed by atoms with Gasteiger partial charge in [0.05, 0.1) is 10.7 Å². The standard InChI is InChI=1S/C13H12Cl2N2O/c1-8-3-2-4-12(17-8)16-7-9-5-10(14)6-11(15)13(9)18/h2-6,18H,7H2,1H3,(H,16,17)/p+1. The predicted molar refractivity (Wildman–Crippen MR) is 73.2 cm³/mol. The van der Waals surface area contributed by atoms with Crippen LogP contribution < -0.4 is 10.3 Å². The van der Waals surface area contributed by atoms with Gasteiger partial charge in [0.2, 0.25) is 0 Å². The SMILES string of the molecule is Cc1cccc(NCc2cc(Cl)cc(Cl)c2O)[nH+]1. The molecule has 2 rings (SSSR count). The average Bonchev–Trinajstić information content (AvgIpc) is 2.32. The molecule has 0 amide bonds. The number of hydrogen-bond donors (Lipinski definition) is 2. The normalized spacial score (nSPS) is 10.4. The summed E-state index contributed by atoms with van der Waals surface area (Å²) in [5, 5.41) is 13.7. The molecule has 0 aliphatic carbocycles. The van der Waals surface area contributed by atoms with E-state index in [1.807, 2.05) is 25.1 Å².